The summed E-state index contributed by atoms with van der Waals surface area (Å²) in [6.07, 6.45) is -4.61. The normalized spacial score (nSPS) is 12.1. The van der Waals surface area contributed by atoms with Gasteiger partial charge in [-0.1, -0.05) is 19.1 Å². The number of aromatic nitrogens is 3. The fourth-order valence-corrected chi connectivity index (χ4v) is 1.48. The van der Waals surface area contributed by atoms with E-state index in [1.807, 2.05) is 13.8 Å². The maximum atomic E-state index is 12.9. The van der Waals surface area contributed by atoms with E-state index in [1.165, 1.54) is 0 Å². The molecule has 0 aliphatic heterocycles. The van der Waals surface area contributed by atoms with Gasteiger partial charge < -0.3 is 5.73 Å². The SMILES string of the molecule is CC(C)CCn1nnc(CC(N)=O)c1C(F)(F)F. The minimum absolute atomic E-state index is 0.109. The first-order valence-electron chi connectivity index (χ1n) is 5.49. The monoisotopic (exact) mass is 264 g/mol. The van der Waals surface area contributed by atoms with Crippen LogP contribution in [0, 0.1) is 5.92 Å². The van der Waals surface area contributed by atoms with Crippen molar-refractivity contribution in [3.05, 3.63) is 11.4 Å². The van der Waals surface area contributed by atoms with Gasteiger partial charge in [0.15, 0.2) is 5.69 Å². The lowest BCUT2D eigenvalue weighted by Crippen LogP contribution is -2.20. The summed E-state index contributed by atoms with van der Waals surface area (Å²) >= 11 is 0. The first-order valence-corrected chi connectivity index (χ1v) is 5.49. The van der Waals surface area contributed by atoms with Crippen LogP contribution in [0.15, 0.2) is 0 Å². The summed E-state index contributed by atoms with van der Waals surface area (Å²) in [5, 5.41) is 6.84. The zero-order valence-corrected chi connectivity index (χ0v) is 10.2. The molecule has 1 aromatic rings. The van der Waals surface area contributed by atoms with E-state index in [4.69, 9.17) is 5.73 Å². The van der Waals surface area contributed by atoms with E-state index in [2.05, 4.69) is 10.3 Å². The number of nitrogens with zero attached hydrogens (tertiary/aromatic N) is 3. The van der Waals surface area contributed by atoms with Gasteiger partial charge in [-0.05, 0) is 12.3 Å². The lowest BCUT2D eigenvalue weighted by molar-refractivity contribution is -0.145. The molecular weight excluding hydrogens is 249 g/mol. The number of carbonyl (C=O) groups is 1. The fraction of sp³-hybridized carbons (Fsp3) is 0.700. The third-order valence-corrected chi connectivity index (χ3v) is 2.33. The fourth-order valence-electron chi connectivity index (χ4n) is 1.48. The molecule has 18 heavy (non-hydrogen) atoms. The number of alkyl halides is 3. The molecule has 0 atom stereocenters. The minimum Gasteiger partial charge on any atom is -0.369 e. The van der Waals surface area contributed by atoms with E-state index in [0.717, 1.165) is 4.68 Å². The van der Waals surface area contributed by atoms with Crippen LogP contribution in [0.2, 0.25) is 0 Å². The molecule has 1 heterocycles. The molecule has 0 fully saturated rings. The van der Waals surface area contributed by atoms with Crippen LogP contribution in [-0.4, -0.2) is 20.9 Å². The van der Waals surface area contributed by atoms with Gasteiger partial charge >= 0.3 is 6.18 Å². The molecule has 0 bridgehead atoms. The summed E-state index contributed by atoms with van der Waals surface area (Å²) in [5.41, 5.74) is 3.48. The van der Waals surface area contributed by atoms with Crippen molar-refractivity contribution < 1.29 is 18.0 Å². The quantitative estimate of drug-likeness (QED) is 0.872. The third-order valence-electron chi connectivity index (χ3n) is 2.33. The van der Waals surface area contributed by atoms with E-state index in [-0.39, 0.29) is 12.5 Å². The molecule has 0 aliphatic rings. The Morgan fingerprint density at radius 1 is 1.44 bits per heavy atom. The third kappa shape index (κ3) is 3.71. The molecule has 0 saturated carbocycles. The van der Waals surface area contributed by atoms with Crippen LogP contribution < -0.4 is 5.73 Å². The van der Waals surface area contributed by atoms with Gasteiger partial charge in [-0.3, -0.25) is 4.79 Å². The van der Waals surface area contributed by atoms with Gasteiger partial charge in [0.1, 0.15) is 5.69 Å². The molecule has 8 heteroatoms. The maximum Gasteiger partial charge on any atom is 0.434 e. The van der Waals surface area contributed by atoms with Crippen LogP contribution >= 0.6 is 0 Å². The average molecular weight is 264 g/mol. The Bertz CT molecular complexity index is 425. The van der Waals surface area contributed by atoms with E-state index in [0.29, 0.717) is 6.42 Å². The Labute approximate surface area is 102 Å². The lowest BCUT2D eigenvalue weighted by atomic mass is 10.1. The number of hydrogen-bond acceptors (Lipinski definition) is 3. The molecule has 1 aromatic heterocycles. The number of halogens is 3. The highest BCUT2D eigenvalue weighted by Gasteiger charge is 2.39. The molecular formula is C10H15F3N4O. The number of hydrogen-bond donors (Lipinski definition) is 1. The van der Waals surface area contributed by atoms with Crippen LogP contribution in [0.4, 0.5) is 13.2 Å². The molecule has 0 saturated heterocycles. The number of nitrogens with two attached hydrogens (primary N) is 1. The van der Waals surface area contributed by atoms with Crippen molar-refractivity contribution in [1.29, 1.82) is 0 Å². The molecule has 0 unspecified atom stereocenters. The Kier molecular flexibility index (Phi) is 4.31. The number of aryl methyl sites for hydroxylation is 1. The summed E-state index contributed by atoms with van der Waals surface area (Å²) in [6.45, 7) is 3.90. The van der Waals surface area contributed by atoms with Gasteiger partial charge in [-0.25, -0.2) is 4.68 Å². The number of carbonyl (C=O) groups excluding carboxylic acids is 1. The minimum atomic E-state index is -4.59. The van der Waals surface area contributed by atoms with Crippen molar-refractivity contribution in [2.45, 2.75) is 39.4 Å². The second-order valence-electron chi connectivity index (χ2n) is 4.43. The predicted octanol–water partition coefficient (Wildman–Crippen LogP) is 1.37. The van der Waals surface area contributed by atoms with Crippen LogP contribution in [0.3, 0.4) is 0 Å². The molecule has 0 spiro atoms. The lowest BCUT2D eigenvalue weighted by Gasteiger charge is -2.11. The standard InChI is InChI=1S/C10H15F3N4O/c1-6(2)3-4-17-9(10(11,12)13)7(15-16-17)5-8(14)18/h6H,3-5H2,1-2H3,(H2,14,18). The Morgan fingerprint density at radius 2 is 2.06 bits per heavy atom. The highest BCUT2D eigenvalue weighted by molar-refractivity contribution is 5.76. The van der Waals surface area contributed by atoms with E-state index < -0.39 is 29.9 Å². The molecule has 2 N–H and O–H groups in total. The number of rotatable bonds is 5. The van der Waals surface area contributed by atoms with Crippen LogP contribution in [0.25, 0.3) is 0 Å². The molecule has 5 nitrogen and oxygen atoms in total. The van der Waals surface area contributed by atoms with Crippen molar-refractivity contribution in [1.82, 2.24) is 15.0 Å². The van der Waals surface area contributed by atoms with Crippen molar-refractivity contribution in [3.63, 3.8) is 0 Å². The Hall–Kier alpha value is -1.60. The maximum absolute atomic E-state index is 12.9. The number of amides is 1. The Morgan fingerprint density at radius 3 is 2.50 bits per heavy atom. The topological polar surface area (TPSA) is 73.8 Å². The molecule has 0 aliphatic carbocycles. The zero-order chi connectivity index (χ0) is 13.9. The van der Waals surface area contributed by atoms with Gasteiger partial charge in [0, 0.05) is 6.54 Å². The number of primary amides is 1. The van der Waals surface area contributed by atoms with Crippen molar-refractivity contribution in [2.24, 2.45) is 11.7 Å². The van der Waals surface area contributed by atoms with Crippen LogP contribution in [0.5, 0.6) is 0 Å². The zero-order valence-electron chi connectivity index (χ0n) is 10.2. The average Bonchev–Trinajstić information content (AvgIpc) is 2.56. The van der Waals surface area contributed by atoms with Gasteiger partial charge in [0.05, 0.1) is 6.42 Å². The first-order chi connectivity index (χ1) is 8.21. The Balaban J connectivity index is 3.04. The summed E-state index contributed by atoms with van der Waals surface area (Å²) < 4.78 is 39.4. The van der Waals surface area contributed by atoms with Gasteiger partial charge in [0.25, 0.3) is 0 Å². The van der Waals surface area contributed by atoms with Crippen molar-refractivity contribution in [2.75, 3.05) is 0 Å². The van der Waals surface area contributed by atoms with Crippen molar-refractivity contribution >= 4 is 5.91 Å². The highest BCUT2D eigenvalue weighted by Crippen LogP contribution is 2.31. The van der Waals surface area contributed by atoms with E-state index in [9.17, 15) is 18.0 Å². The predicted molar refractivity (Wildman–Crippen MR) is 57.4 cm³/mol. The van der Waals surface area contributed by atoms with Crippen LogP contribution in [-0.2, 0) is 23.9 Å². The van der Waals surface area contributed by atoms with Crippen LogP contribution in [0.1, 0.15) is 31.7 Å². The molecule has 1 amide bonds. The summed E-state index contributed by atoms with van der Waals surface area (Å²) in [7, 11) is 0. The van der Waals surface area contributed by atoms with Gasteiger partial charge in [0.2, 0.25) is 5.91 Å². The first kappa shape index (κ1) is 14.5. The van der Waals surface area contributed by atoms with E-state index in [1.54, 1.807) is 0 Å². The summed E-state index contributed by atoms with van der Waals surface area (Å²) in [4.78, 5) is 10.7. The van der Waals surface area contributed by atoms with Crippen molar-refractivity contribution in [3.8, 4) is 0 Å². The van der Waals surface area contributed by atoms with Gasteiger partial charge in [-0.15, -0.1) is 5.10 Å². The summed E-state index contributed by atoms with van der Waals surface area (Å²) in [5.74, 6) is -0.619. The largest absolute Gasteiger partial charge is 0.434 e. The second kappa shape index (κ2) is 5.36. The molecule has 0 aromatic carbocycles. The van der Waals surface area contributed by atoms with Gasteiger partial charge in [-0.2, -0.15) is 13.2 Å². The molecule has 102 valence electrons. The summed E-state index contributed by atoms with van der Waals surface area (Å²) in [6, 6.07) is 0. The highest BCUT2D eigenvalue weighted by atomic mass is 19.4. The molecule has 0 radical (unpaired) electrons. The molecule has 1 rings (SSSR count). The van der Waals surface area contributed by atoms with E-state index >= 15 is 0 Å². The second-order valence-corrected chi connectivity index (χ2v) is 4.43. The smallest absolute Gasteiger partial charge is 0.369 e.